The van der Waals surface area contributed by atoms with Crippen LogP contribution < -0.4 is 10.2 Å². The van der Waals surface area contributed by atoms with Gasteiger partial charge in [-0.1, -0.05) is 29.8 Å². The lowest BCUT2D eigenvalue weighted by Gasteiger charge is -2.24. The van der Waals surface area contributed by atoms with Crippen LogP contribution in [-0.2, 0) is 9.59 Å². The lowest BCUT2D eigenvalue weighted by molar-refractivity contribution is -0.129. The van der Waals surface area contributed by atoms with E-state index in [9.17, 15) is 14.4 Å². The Kier molecular flexibility index (Phi) is 5.27. The topological polar surface area (TPSA) is 66.5 Å². The third kappa shape index (κ3) is 3.98. The number of nitrogens with one attached hydrogen (secondary N) is 1. The number of anilines is 2. The predicted octanol–water partition coefficient (Wildman–Crippen LogP) is 5.02. The van der Waals surface area contributed by atoms with E-state index in [1.807, 2.05) is 42.6 Å². The van der Waals surface area contributed by atoms with Crippen LogP contribution in [0.15, 0.2) is 60.0 Å². The van der Waals surface area contributed by atoms with Crippen molar-refractivity contribution in [2.45, 2.75) is 26.2 Å². The van der Waals surface area contributed by atoms with Gasteiger partial charge in [0.25, 0.3) is 5.91 Å². The summed E-state index contributed by atoms with van der Waals surface area (Å²) in [5.74, 6) is -0.549. The highest BCUT2D eigenvalue weighted by Crippen LogP contribution is 2.30. The SMILES string of the molecule is Cc1ccc(-c2ccsc2C(=O)Nc2ccc(N3C(=O)CCCC3=O)cc2)cc1. The van der Waals surface area contributed by atoms with Crippen LogP contribution in [0, 0.1) is 6.92 Å². The summed E-state index contributed by atoms with van der Waals surface area (Å²) >= 11 is 1.39. The second-order valence-electron chi connectivity index (χ2n) is 7.01. The number of thiophene rings is 1. The van der Waals surface area contributed by atoms with E-state index < -0.39 is 0 Å². The average Bonchev–Trinajstić information content (AvgIpc) is 3.20. The minimum atomic E-state index is -0.187. The summed E-state index contributed by atoms with van der Waals surface area (Å²) in [4.78, 5) is 38.8. The Hall–Kier alpha value is -3.25. The molecule has 0 unspecified atom stereocenters. The summed E-state index contributed by atoms with van der Waals surface area (Å²) in [5.41, 5.74) is 4.21. The second kappa shape index (κ2) is 8.01. The smallest absolute Gasteiger partial charge is 0.266 e. The second-order valence-corrected chi connectivity index (χ2v) is 7.92. The first-order valence-corrected chi connectivity index (χ1v) is 10.3. The monoisotopic (exact) mass is 404 g/mol. The van der Waals surface area contributed by atoms with Crippen LogP contribution in [0.25, 0.3) is 11.1 Å². The van der Waals surface area contributed by atoms with Crippen molar-refractivity contribution in [1.82, 2.24) is 0 Å². The Morgan fingerprint density at radius 3 is 2.24 bits per heavy atom. The molecule has 0 bridgehead atoms. The Morgan fingerprint density at radius 2 is 1.59 bits per heavy atom. The van der Waals surface area contributed by atoms with Crippen LogP contribution in [0.1, 0.15) is 34.5 Å². The number of carbonyl (C=O) groups excluding carboxylic acids is 3. The molecule has 1 N–H and O–H groups in total. The van der Waals surface area contributed by atoms with Gasteiger partial charge >= 0.3 is 0 Å². The molecule has 1 aromatic heterocycles. The summed E-state index contributed by atoms with van der Waals surface area (Å²) in [6, 6.07) is 16.8. The van der Waals surface area contributed by atoms with Crippen molar-refractivity contribution in [3.05, 3.63) is 70.4 Å². The number of aryl methyl sites for hydroxylation is 1. The van der Waals surface area contributed by atoms with Crippen LogP contribution in [-0.4, -0.2) is 17.7 Å². The standard InChI is InChI=1S/C23H20N2O3S/c1-15-5-7-16(8-6-15)19-13-14-29-22(19)23(28)24-17-9-11-18(12-10-17)25-20(26)3-2-4-21(25)27/h5-14H,2-4H2,1H3,(H,24,28). The van der Waals surface area contributed by atoms with Crippen molar-refractivity contribution in [2.75, 3.05) is 10.2 Å². The van der Waals surface area contributed by atoms with Gasteiger partial charge in [0.2, 0.25) is 11.8 Å². The van der Waals surface area contributed by atoms with E-state index in [1.54, 1.807) is 24.3 Å². The highest BCUT2D eigenvalue weighted by Gasteiger charge is 2.27. The molecule has 0 saturated carbocycles. The molecule has 1 aliphatic rings. The summed E-state index contributed by atoms with van der Waals surface area (Å²) in [6.45, 7) is 2.03. The highest BCUT2D eigenvalue weighted by molar-refractivity contribution is 7.12. The molecule has 1 aliphatic heterocycles. The van der Waals surface area contributed by atoms with Gasteiger partial charge in [-0.05, 0) is 54.6 Å². The number of amides is 3. The quantitative estimate of drug-likeness (QED) is 0.621. The third-order valence-corrected chi connectivity index (χ3v) is 5.81. The number of carbonyl (C=O) groups is 3. The lowest BCUT2D eigenvalue weighted by atomic mass is 10.0. The molecule has 6 heteroatoms. The fraction of sp³-hybridized carbons (Fsp3) is 0.174. The molecule has 1 fully saturated rings. The molecule has 146 valence electrons. The Balaban J connectivity index is 1.51. The van der Waals surface area contributed by atoms with Gasteiger partial charge in [0.05, 0.1) is 10.6 Å². The average molecular weight is 404 g/mol. The molecule has 2 heterocycles. The maximum Gasteiger partial charge on any atom is 0.266 e. The van der Waals surface area contributed by atoms with Gasteiger partial charge in [-0.25, -0.2) is 0 Å². The van der Waals surface area contributed by atoms with Crippen LogP contribution in [0.5, 0.6) is 0 Å². The molecule has 29 heavy (non-hydrogen) atoms. The summed E-state index contributed by atoms with van der Waals surface area (Å²) < 4.78 is 0. The van der Waals surface area contributed by atoms with Crippen LogP contribution >= 0.6 is 11.3 Å². The molecule has 1 saturated heterocycles. The van der Waals surface area contributed by atoms with Crippen LogP contribution in [0.2, 0.25) is 0 Å². The van der Waals surface area contributed by atoms with Gasteiger partial charge in [-0.15, -0.1) is 11.3 Å². The Bertz CT molecular complexity index is 1050. The number of hydrogen-bond acceptors (Lipinski definition) is 4. The molecule has 2 aromatic carbocycles. The fourth-order valence-electron chi connectivity index (χ4n) is 3.37. The summed E-state index contributed by atoms with van der Waals surface area (Å²) in [5, 5.41) is 4.81. The van der Waals surface area contributed by atoms with Crippen molar-refractivity contribution in [1.29, 1.82) is 0 Å². The van der Waals surface area contributed by atoms with E-state index >= 15 is 0 Å². The van der Waals surface area contributed by atoms with E-state index in [-0.39, 0.29) is 17.7 Å². The Labute approximate surface area is 173 Å². The molecule has 4 rings (SSSR count). The minimum absolute atomic E-state index is 0.181. The van der Waals surface area contributed by atoms with E-state index in [2.05, 4.69) is 5.32 Å². The van der Waals surface area contributed by atoms with Crippen molar-refractivity contribution in [3.8, 4) is 11.1 Å². The summed E-state index contributed by atoms with van der Waals surface area (Å²) in [7, 11) is 0. The molecular weight excluding hydrogens is 384 g/mol. The number of nitrogens with zero attached hydrogens (tertiary/aromatic N) is 1. The van der Waals surface area contributed by atoms with Gasteiger partial charge in [-0.2, -0.15) is 0 Å². The number of rotatable bonds is 4. The van der Waals surface area contributed by atoms with Gasteiger partial charge in [0.15, 0.2) is 0 Å². The number of piperidine rings is 1. The third-order valence-electron chi connectivity index (χ3n) is 4.90. The molecular formula is C23H20N2O3S. The largest absolute Gasteiger partial charge is 0.321 e. The zero-order valence-electron chi connectivity index (χ0n) is 16.0. The molecule has 3 aromatic rings. The van der Waals surface area contributed by atoms with Crippen molar-refractivity contribution in [3.63, 3.8) is 0 Å². The van der Waals surface area contributed by atoms with Gasteiger partial charge in [-0.3, -0.25) is 19.3 Å². The zero-order valence-corrected chi connectivity index (χ0v) is 16.8. The van der Waals surface area contributed by atoms with Gasteiger partial charge in [0, 0.05) is 24.1 Å². The fourth-order valence-corrected chi connectivity index (χ4v) is 4.18. The number of imide groups is 1. The molecule has 3 amide bonds. The van der Waals surface area contributed by atoms with E-state index in [4.69, 9.17) is 0 Å². The maximum atomic E-state index is 12.8. The summed E-state index contributed by atoms with van der Waals surface area (Å²) in [6.07, 6.45) is 1.36. The first-order chi connectivity index (χ1) is 14.0. The van der Waals surface area contributed by atoms with Gasteiger partial charge in [0.1, 0.15) is 0 Å². The molecule has 0 atom stereocenters. The van der Waals surface area contributed by atoms with Crippen molar-refractivity contribution >= 4 is 40.4 Å². The van der Waals surface area contributed by atoms with Crippen LogP contribution in [0.3, 0.4) is 0 Å². The normalized spacial score (nSPS) is 14.2. The lowest BCUT2D eigenvalue weighted by Crippen LogP contribution is -2.40. The highest BCUT2D eigenvalue weighted by atomic mass is 32.1. The van der Waals surface area contributed by atoms with E-state index in [0.717, 1.165) is 11.1 Å². The number of benzene rings is 2. The van der Waals surface area contributed by atoms with E-state index in [1.165, 1.54) is 21.8 Å². The molecule has 0 aliphatic carbocycles. The first-order valence-electron chi connectivity index (χ1n) is 9.44. The Morgan fingerprint density at radius 1 is 0.931 bits per heavy atom. The van der Waals surface area contributed by atoms with E-state index in [0.29, 0.717) is 35.5 Å². The number of hydrogen-bond donors (Lipinski definition) is 1. The first kappa shape index (κ1) is 19.1. The van der Waals surface area contributed by atoms with Crippen LogP contribution in [0.4, 0.5) is 11.4 Å². The predicted molar refractivity (Wildman–Crippen MR) is 115 cm³/mol. The van der Waals surface area contributed by atoms with Gasteiger partial charge < -0.3 is 5.32 Å². The van der Waals surface area contributed by atoms with Crippen molar-refractivity contribution < 1.29 is 14.4 Å². The maximum absolute atomic E-state index is 12.8. The minimum Gasteiger partial charge on any atom is -0.321 e. The molecule has 0 spiro atoms. The zero-order chi connectivity index (χ0) is 20.4. The molecule has 0 radical (unpaired) electrons. The molecule has 5 nitrogen and oxygen atoms in total. The van der Waals surface area contributed by atoms with Crippen molar-refractivity contribution in [2.24, 2.45) is 0 Å².